The van der Waals surface area contributed by atoms with E-state index >= 15 is 0 Å². The minimum absolute atomic E-state index is 0.0760. The van der Waals surface area contributed by atoms with Gasteiger partial charge in [-0.05, 0) is 34.1 Å². The molecular weight excluding hydrogens is 374 g/mol. The maximum atomic E-state index is 13.2. The first-order valence-corrected chi connectivity index (χ1v) is 7.31. The van der Waals surface area contributed by atoms with Gasteiger partial charge >= 0.3 is 30.1 Å². The molecule has 11 heteroatoms. The molecule has 0 aromatic carbocycles. The predicted octanol–water partition coefficient (Wildman–Crippen LogP) is 4.70. The summed E-state index contributed by atoms with van der Waals surface area (Å²) in [4.78, 5) is 22.6. The van der Waals surface area contributed by atoms with Crippen LogP contribution in [0.2, 0.25) is 0 Å². The Morgan fingerprint density at radius 1 is 0.923 bits per heavy atom. The fraction of sp³-hybridized carbons (Fsp3) is 0.733. The third-order valence-corrected chi connectivity index (χ3v) is 2.82. The fourth-order valence-electron chi connectivity index (χ4n) is 1.63. The van der Waals surface area contributed by atoms with Crippen LogP contribution in [0.5, 0.6) is 0 Å². The number of alkyl halides is 6. The van der Waals surface area contributed by atoms with Crippen molar-refractivity contribution in [3.05, 3.63) is 12.2 Å². The summed E-state index contributed by atoms with van der Waals surface area (Å²) in [6.07, 6.45) is -16.6. The Labute approximate surface area is 146 Å². The fourth-order valence-corrected chi connectivity index (χ4v) is 1.63. The lowest BCUT2D eigenvalue weighted by atomic mass is 9.96. The van der Waals surface area contributed by atoms with Crippen LogP contribution in [-0.2, 0) is 19.0 Å². The molecule has 0 N–H and O–H groups in total. The van der Waals surface area contributed by atoms with Crippen LogP contribution < -0.4 is 0 Å². The van der Waals surface area contributed by atoms with Crippen LogP contribution >= 0.6 is 0 Å². The normalized spacial score (nSPS) is 13.2. The van der Waals surface area contributed by atoms with Crippen molar-refractivity contribution in [3.8, 4) is 0 Å². The zero-order valence-corrected chi connectivity index (χ0v) is 14.6. The molecular formula is C15H20F6O5. The quantitative estimate of drug-likeness (QED) is 0.283. The van der Waals surface area contributed by atoms with Gasteiger partial charge in [0.2, 0.25) is 0 Å². The Balaban J connectivity index is 5.43. The number of carbonyl (C=O) groups is 2. The highest BCUT2D eigenvalue weighted by atomic mass is 19.4. The second kappa shape index (κ2) is 8.17. The van der Waals surface area contributed by atoms with E-state index in [1.54, 1.807) is 0 Å². The Kier molecular flexibility index (Phi) is 7.56. The lowest BCUT2D eigenvalue weighted by Gasteiger charge is -2.36. The molecule has 0 bridgehead atoms. The molecule has 0 radical (unpaired) electrons. The molecule has 0 aromatic rings. The molecule has 0 saturated heterocycles. The number of ether oxygens (including phenoxy) is 3. The molecule has 0 unspecified atom stereocenters. The van der Waals surface area contributed by atoms with Gasteiger partial charge in [0.15, 0.2) is 0 Å². The molecule has 0 heterocycles. The lowest BCUT2D eigenvalue weighted by Crippen LogP contribution is -2.60. The van der Waals surface area contributed by atoms with Crippen molar-refractivity contribution in [2.75, 3.05) is 6.61 Å². The summed E-state index contributed by atoms with van der Waals surface area (Å²) in [5, 5.41) is 0. The van der Waals surface area contributed by atoms with E-state index in [0.29, 0.717) is 0 Å². The van der Waals surface area contributed by atoms with Gasteiger partial charge < -0.3 is 14.2 Å². The first-order valence-electron chi connectivity index (χ1n) is 7.31. The highest BCUT2D eigenvalue weighted by molar-refractivity contribution is 5.86. The maximum absolute atomic E-state index is 13.2. The van der Waals surface area contributed by atoms with Gasteiger partial charge in [-0.1, -0.05) is 6.58 Å². The Morgan fingerprint density at radius 2 is 1.38 bits per heavy atom. The van der Waals surface area contributed by atoms with E-state index in [0.717, 1.165) is 0 Å². The van der Waals surface area contributed by atoms with Crippen LogP contribution in [-0.4, -0.2) is 42.3 Å². The Bertz CT molecular complexity index is 516. The molecule has 0 amide bonds. The number of esters is 1. The zero-order valence-electron chi connectivity index (χ0n) is 14.6. The van der Waals surface area contributed by atoms with Crippen LogP contribution in [0, 0.1) is 0 Å². The van der Waals surface area contributed by atoms with Crippen molar-refractivity contribution < 1.29 is 50.1 Å². The van der Waals surface area contributed by atoms with E-state index in [4.69, 9.17) is 0 Å². The summed E-state index contributed by atoms with van der Waals surface area (Å²) in [6, 6.07) is 0. The zero-order chi connectivity index (χ0) is 21.0. The van der Waals surface area contributed by atoms with Crippen molar-refractivity contribution in [2.24, 2.45) is 0 Å². The van der Waals surface area contributed by atoms with E-state index in [-0.39, 0.29) is 5.57 Å². The van der Waals surface area contributed by atoms with Crippen molar-refractivity contribution >= 4 is 12.1 Å². The predicted molar refractivity (Wildman–Crippen MR) is 77.2 cm³/mol. The number of rotatable bonds is 6. The standard InChI is InChI=1S/C15H20F6O5/c1-9(2)10(22)24-8-6-7-13(14(16,17)18,15(19,20)21)26-11(23)25-12(3,4)5/h1,6-8H2,2-5H3. The van der Waals surface area contributed by atoms with Gasteiger partial charge in [0.25, 0.3) is 0 Å². The van der Waals surface area contributed by atoms with Crippen molar-refractivity contribution in [1.29, 1.82) is 0 Å². The summed E-state index contributed by atoms with van der Waals surface area (Å²) in [5.74, 6) is -0.970. The number of hydrogen-bond donors (Lipinski definition) is 0. The van der Waals surface area contributed by atoms with Gasteiger partial charge in [0, 0.05) is 12.0 Å². The topological polar surface area (TPSA) is 61.8 Å². The molecule has 0 spiro atoms. The highest BCUT2D eigenvalue weighted by Gasteiger charge is 2.74. The smallest absolute Gasteiger partial charge is 0.462 e. The molecule has 26 heavy (non-hydrogen) atoms. The Morgan fingerprint density at radius 3 is 1.73 bits per heavy atom. The van der Waals surface area contributed by atoms with Crippen LogP contribution in [0.4, 0.5) is 31.1 Å². The van der Waals surface area contributed by atoms with Gasteiger partial charge in [0.1, 0.15) is 5.60 Å². The minimum atomic E-state index is -5.97. The molecule has 0 aliphatic rings. The Hall–Kier alpha value is -1.94. The van der Waals surface area contributed by atoms with Crippen LogP contribution in [0.25, 0.3) is 0 Å². The first kappa shape index (κ1) is 24.1. The summed E-state index contributed by atoms with van der Waals surface area (Å²) in [6.45, 7) is 7.45. The molecule has 0 rings (SSSR count). The van der Waals surface area contributed by atoms with Gasteiger partial charge in [-0.15, -0.1) is 0 Å². The van der Waals surface area contributed by atoms with Gasteiger partial charge in [-0.2, -0.15) is 26.3 Å². The van der Waals surface area contributed by atoms with Crippen LogP contribution in [0.15, 0.2) is 12.2 Å². The molecule has 0 aliphatic heterocycles. The molecule has 0 atom stereocenters. The van der Waals surface area contributed by atoms with Crippen LogP contribution in [0.3, 0.4) is 0 Å². The molecule has 0 aliphatic carbocycles. The molecule has 152 valence electrons. The van der Waals surface area contributed by atoms with Crippen molar-refractivity contribution in [2.45, 2.75) is 64.1 Å². The summed E-state index contributed by atoms with van der Waals surface area (Å²) >= 11 is 0. The van der Waals surface area contributed by atoms with Crippen molar-refractivity contribution in [3.63, 3.8) is 0 Å². The second-order valence-corrected chi connectivity index (χ2v) is 6.41. The van der Waals surface area contributed by atoms with Gasteiger partial charge in [-0.25, -0.2) is 9.59 Å². The number of halogens is 6. The van der Waals surface area contributed by atoms with Gasteiger partial charge in [0.05, 0.1) is 6.61 Å². The third-order valence-electron chi connectivity index (χ3n) is 2.82. The summed E-state index contributed by atoms with van der Waals surface area (Å²) in [7, 11) is 0. The van der Waals surface area contributed by atoms with E-state index in [1.807, 2.05) is 0 Å². The largest absolute Gasteiger partial charge is 0.510 e. The van der Waals surface area contributed by atoms with Gasteiger partial charge in [-0.3, -0.25) is 0 Å². The molecule has 0 saturated carbocycles. The average molecular weight is 394 g/mol. The van der Waals surface area contributed by atoms with Crippen LogP contribution in [0.1, 0.15) is 40.5 Å². The van der Waals surface area contributed by atoms with E-state index in [9.17, 15) is 35.9 Å². The first-order chi connectivity index (χ1) is 11.4. The monoisotopic (exact) mass is 394 g/mol. The second-order valence-electron chi connectivity index (χ2n) is 6.41. The summed E-state index contributed by atoms with van der Waals surface area (Å²) in [5.41, 5.74) is -6.23. The average Bonchev–Trinajstić information content (AvgIpc) is 2.36. The summed E-state index contributed by atoms with van der Waals surface area (Å²) < 4.78 is 91.8. The van der Waals surface area contributed by atoms with Crippen molar-refractivity contribution in [1.82, 2.24) is 0 Å². The molecule has 0 fully saturated rings. The van der Waals surface area contributed by atoms with E-state index < -0.39 is 55.1 Å². The minimum Gasteiger partial charge on any atom is -0.462 e. The number of carbonyl (C=O) groups excluding carboxylic acids is 2. The maximum Gasteiger partial charge on any atom is 0.510 e. The third kappa shape index (κ3) is 6.75. The van der Waals surface area contributed by atoms with E-state index in [1.165, 1.54) is 27.7 Å². The molecule has 5 nitrogen and oxygen atoms in total. The number of hydrogen-bond acceptors (Lipinski definition) is 5. The SMILES string of the molecule is C=C(C)C(=O)OCCCC(OC(=O)OC(C)(C)C)(C(F)(F)F)C(F)(F)F. The highest BCUT2D eigenvalue weighted by Crippen LogP contribution is 2.49. The lowest BCUT2D eigenvalue weighted by molar-refractivity contribution is -0.371. The van der Waals surface area contributed by atoms with E-state index in [2.05, 4.69) is 20.8 Å². The molecule has 0 aromatic heterocycles.